The van der Waals surface area contributed by atoms with Crippen LogP contribution in [-0.4, -0.2) is 45.7 Å². The van der Waals surface area contributed by atoms with Crippen molar-refractivity contribution in [1.82, 2.24) is 4.90 Å². The van der Waals surface area contributed by atoms with Crippen LogP contribution in [0.3, 0.4) is 0 Å². The van der Waals surface area contributed by atoms with Crippen molar-refractivity contribution in [2.24, 2.45) is 0 Å². The number of carbonyl (C=O) groups is 2. The molecule has 0 aliphatic carbocycles. The number of carboxylic acids is 1. The average molecular weight is 356 g/mol. The highest BCUT2D eigenvalue weighted by atomic mass is 79.9. The Labute approximate surface area is 131 Å². The van der Waals surface area contributed by atoms with Gasteiger partial charge in [-0.1, -0.05) is 22.9 Å². The van der Waals surface area contributed by atoms with Crippen molar-refractivity contribution in [2.75, 3.05) is 13.1 Å². The smallest absolute Gasteiger partial charge is 0.335 e. The van der Waals surface area contributed by atoms with Crippen molar-refractivity contribution in [3.05, 3.63) is 33.8 Å². The molecule has 1 saturated heterocycles. The van der Waals surface area contributed by atoms with Crippen LogP contribution in [0.2, 0.25) is 0 Å². The first-order valence-corrected chi connectivity index (χ1v) is 7.69. The Balaban J connectivity index is 2.16. The van der Waals surface area contributed by atoms with E-state index < -0.39 is 11.6 Å². The minimum Gasteiger partial charge on any atom is -0.478 e. The Morgan fingerprint density at radius 1 is 1.24 bits per heavy atom. The Bertz CT molecular complexity index is 565. The molecule has 0 bridgehead atoms. The first-order valence-electron chi connectivity index (χ1n) is 6.90. The van der Waals surface area contributed by atoms with Gasteiger partial charge < -0.3 is 15.1 Å². The van der Waals surface area contributed by atoms with Gasteiger partial charge >= 0.3 is 5.97 Å². The quantitative estimate of drug-likeness (QED) is 0.873. The summed E-state index contributed by atoms with van der Waals surface area (Å²) >= 11 is 3.23. The number of hydrogen-bond acceptors (Lipinski definition) is 3. The van der Waals surface area contributed by atoms with E-state index in [0.29, 0.717) is 42.4 Å². The highest BCUT2D eigenvalue weighted by molar-refractivity contribution is 9.10. The third-order valence-electron chi connectivity index (χ3n) is 4.03. The molecule has 1 fully saturated rings. The Morgan fingerprint density at radius 2 is 1.81 bits per heavy atom. The van der Waals surface area contributed by atoms with Crippen LogP contribution >= 0.6 is 15.9 Å². The zero-order valence-electron chi connectivity index (χ0n) is 11.8. The van der Waals surface area contributed by atoms with E-state index in [1.165, 1.54) is 12.1 Å². The highest BCUT2D eigenvalue weighted by Crippen LogP contribution is 2.26. The molecule has 1 aliphatic heterocycles. The van der Waals surface area contributed by atoms with Gasteiger partial charge in [0.2, 0.25) is 0 Å². The Kier molecular flexibility index (Phi) is 4.68. The lowest BCUT2D eigenvalue weighted by molar-refractivity contribution is -0.0193. The van der Waals surface area contributed by atoms with Crippen molar-refractivity contribution in [2.45, 2.75) is 31.8 Å². The number of rotatable bonds is 3. The van der Waals surface area contributed by atoms with Crippen LogP contribution in [0.25, 0.3) is 0 Å². The fourth-order valence-electron chi connectivity index (χ4n) is 2.50. The lowest BCUT2D eigenvalue weighted by Gasteiger charge is -2.37. The Hall–Kier alpha value is -1.40. The molecular weight excluding hydrogens is 338 g/mol. The Morgan fingerprint density at radius 3 is 2.33 bits per heavy atom. The second-order valence-electron chi connectivity index (χ2n) is 5.40. The number of aromatic carboxylic acids is 1. The van der Waals surface area contributed by atoms with E-state index in [1.54, 1.807) is 11.0 Å². The summed E-state index contributed by atoms with van der Waals surface area (Å²) in [6.45, 7) is 2.90. The average Bonchev–Trinajstić information content (AvgIpc) is 2.46. The van der Waals surface area contributed by atoms with Crippen LogP contribution in [0.5, 0.6) is 0 Å². The van der Waals surface area contributed by atoms with Crippen LogP contribution < -0.4 is 0 Å². The van der Waals surface area contributed by atoms with Crippen LogP contribution in [0.1, 0.15) is 46.9 Å². The van der Waals surface area contributed by atoms with Gasteiger partial charge in [-0.15, -0.1) is 0 Å². The van der Waals surface area contributed by atoms with Gasteiger partial charge in [-0.2, -0.15) is 0 Å². The summed E-state index contributed by atoms with van der Waals surface area (Å²) in [7, 11) is 0. The van der Waals surface area contributed by atoms with Gasteiger partial charge in [0.15, 0.2) is 0 Å². The third-order valence-corrected chi connectivity index (χ3v) is 4.49. The lowest BCUT2D eigenvalue weighted by atomic mass is 9.89. The number of hydrogen-bond donors (Lipinski definition) is 2. The SMILES string of the molecule is CCC1(O)CCN(C(=O)c2cc(Br)cc(C(=O)O)c2)CC1. The monoisotopic (exact) mass is 355 g/mol. The number of likely N-dealkylation sites (tertiary alicyclic amines) is 1. The minimum atomic E-state index is -1.07. The fraction of sp³-hybridized carbons (Fsp3) is 0.467. The van der Waals surface area contributed by atoms with Crippen LogP contribution in [0.4, 0.5) is 0 Å². The maximum absolute atomic E-state index is 12.5. The van der Waals surface area contributed by atoms with Crippen LogP contribution in [0, 0.1) is 0 Å². The number of aliphatic hydroxyl groups is 1. The summed E-state index contributed by atoms with van der Waals surface area (Å²) in [4.78, 5) is 25.2. The van der Waals surface area contributed by atoms with Crippen molar-refractivity contribution >= 4 is 27.8 Å². The second kappa shape index (κ2) is 6.15. The van der Waals surface area contributed by atoms with Gasteiger partial charge in [0.05, 0.1) is 11.2 Å². The normalized spacial score (nSPS) is 17.6. The molecule has 0 atom stereocenters. The predicted octanol–water partition coefficient (Wildman–Crippen LogP) is 2.52. The van der Waals surface area contributed by atoms with E-state index in [0.717, 1.165) is 0 Å². The van der Waals surface area contributed by atoms with Gasteiger partial charge in [-0.3, -0.25) is 4.79 Å². The standard InChI is InChI=1S/C15H18BrNO4/c1-2-15(21)3-5-17(6-4-15)13(18)10-7-11(14(19)20)9-12(16)8-10/h7-9,21H,2-6H2,1H3,(H,19,20). The number of carboxylic acid groups (broad SMARTS) is 1. The van der Waals surface area contributed by atoms with Gasteiger partial charge in [-0.25, -0.2) is 4.79 Å². The molecule has 0 saturated carbocycles. The van der Waals surface area contributed by atoms with Crippen molar-refractivity contribution in [1.29, 1.82) is 0 Å². The second-order valence-corrected chi connectivity index (χ2v) is 6.32. The molecule has 2 N–H and O–H groups in total. The number of carbonyl (C=O) groups excluding carboxylic acids is 1. The van der Waals surface area contributed by atoms with Gasteiger partial charge in [-0.05, 0) is 37.5 Å². The van der Waals surface area contributed by atoms with Gasteiger partial charge in [0.1, 0.15) is 0 Å². The molecule has 1 heterocycles. The highest BCUT2D eigenvalue weighted by Gasteiger charge is 2.32. The summed E-state index contributed by atoms with van der Waals surface area (Å²) in [5.41, 5.74) is -0.251. The summed E-state index contributed by atoms with van der Waals surface area (Å²) in [6.07, 6.45) is 1.78. The molecule has 21 heavy (non-hydrogen) atoms. The first kappa shape index (κ1) is 16.0. The third kappa shape index (κ3) is 3.63. The minimum absolute atomic E-state index is 0.0785. The summed E-state index contributed by atoms with van der Waals surface area (Å²) in [5, 5.41) is 19.2. The molecule has 6 heteroatoms. The molecule has 114 valence electrons. The summed E-state index contributed by atoms with van der Waals surface area (Å²) in [5.74, 6) is -1.26. The molecule has 1 aromatic rings. The van der Waals surface area contributed by atoms with Crippen LogP contribution in [-0.2, 0) is 0 Å². The molecule has 1 aliphatic rings. The predicted molar refractivity (Wildman–Crippen MR) is 81.5 cm³/mol. The molecule has 0 aromatic heterocycles. The molecule has 0 radical (unpaired) electrons. The van der Waals surface area contributed by atoms with E-state index in [-0.39, 0.29) is 11.5 Å². The summed E-state index contributed by atoms with van der Waals surface area (Å²) < 4.78 is 0.563. The van der Waals surface area contributed by atoms with E-state index in [4.69, 9.17) is 5.11 Å². The molecule has 1 aromatic carbocycles. The maximum Gasteiger partial charge on any atom is 0.335 e. The fourth-order valence-corrected chi connectivity index (χ4v) is 2.99. The van der Waals surface area contributed by atoms with E-state index in [1.807, 2.05) is 6.92 Å². The zero-order valence-corrected chi connectivity index (χ0v) is 13.4. The first-order chi connectivity index (χ1) is 9.84. The summed E-state index contributed by atoms with van der Waals surface area (Å²) in [6, 6.07) is 4.47. The van der Waals surface area contributed by atoms with Crippen LogP contribution in [0.15, 0.2) is 22.7 Å². The number of halogens is 1. The molecular formula is C15H18BrNO4. The zero-order chi connectivity index (χ0) is 15.6. The van der Waals surface area contributed by atoms with Gasteiger partial charge in [0.25, 0.3) is 5.91 Å². The van der Waals surface area contributed by atoms with E-state index in [2.05, 4.69) is 15.9 Å². The van der Waals surface area contributed by atoms with Gasteiger partial charge in [0, 0.05) is 23.1 Å². The van der Waals surface area contributed by atoms with Crippen molar-refractivity contribution in [3.63, 3.8) is 0 Å². The topological polar surface area (TPSA) is 77.8 Å². The largest absolute Gasteiger partial charge is 0.478 e. The molecule has 1 amide bonds. The maximum atomic E-state index is 12.5. The van der Waals surface area contributed by atoms with Crippen molar-refractivity contribution in [3.8, 4) is 0 Å². The van der Waals surface area contributed by atoms with E-state index in [9.17, 15) is 14.7 Å². The number of amides is 1. The number of piperidine rings is 1. The molecule has 5 nitrogen and oxygen atoms in total. The number of nitrogens with zero attached hydrogens (tertiary/aromatic N) is 1. The molecule has 0 spiro atoms. The molecule has 2 rings (SSSR count). The van der Waals surface area contributed by atoms with E-state index >= 15 is 0 Å². The lowest BCUT2D eigenvalue weighted by Crippen LogP contribution is -2.46. The number of benzene rings is 1. The molecule has 0 unspecified atom stereocenters. The van der Waals surface area contributed by atoms with Crippen molar-refractivity contribution < 1.29 is 19.8 Å².